The fourth-order valence-electron chi connectivity index (χ4n) is 3.03. The van der Waals surface area contributed by atoms with Crippen molar-refractivity contribution in [1.82, 2.24) is 0 Å². The SMILES string of the molecule is CCCc1ccc(-c2ccc(C(F)(F)Oc3ccc(CF)c(F)c3)cc2)c(F)c1F. The first kappa shape index (κ1) is 21.7. The number of ether oxygens (including phenoxy) is 1. The number of benzene rings is 3. The van der Waals surface area contributed by atoms with E-state index in [-0.39, 0.29) is 22.3 Å². The number of rotatable bonds is 7. The van der Waals surface area contributed by atoms with Crippen molar-refractivity contribution in [3.63, 3.8) is 0 Å². The van der Waals surface area contributed by atoms with Gasteiger partial charge in [0.1, 0.15) is 18.2 Å². The molecule has 0 N–H and O–H groups in total. The lowest BCUT2D eigenvalue weighted by atomic mass is 9.99. The van der Waals surface area contributed by atoms with Crippen LogP contribution >= 0.6 is 0 Å². The largest absolute Gasteiger partial charge is 0.429 e. The van der Waals surface area contributed by atoms with E-state index in [1.165, 1.54) is 24.3 Å². The quantitative estimate of drug-likeness (QED) is 0.361. The van der Waals surface area contributed by atoms with Crippen molar-refractivity contribution in [2.75, 3.05) is 0 Å². The van der Waals surface area contributed by atoms with Crippen LogP contribution in [0.4, 0.5) is 26.3 Å². The topological polar surface area (TPSA) is 9.23 Å². The number of hydrogen-bond acceptors (Lipinski definition) is 1. The van der Waals surface area contributed by atoms with Gasteiger partial charge in [0.05, 0.1) is 5.56 Å². The summed E-state index contributed by atoms with van der Waals surface area (Å²) in [6.07, 6.45) is -2.78. The Balaban J connectivity index is 1.84. The van der Waals surface area contributed by atoms with Gasteiger partial charge in [-0.2, -0.15) is 8.78 Å². The molecular formula is C23H18F6O. The number of aryl methyl sites for hydroxylation is 1. The first-order valence-electron chi connectivity index (χ1n) is 9.25. The van der Waals surface area contributed by atoms with E-state index < -0.39 is 41.5 Å². The number of alkyl halides is 3. The van der Waals surface area contributed by atoms with E-state index in [1.807, 2.05) is 6.92 Å². The molecule has 0 atom stereocenters. The van der Waals surface area contributed by atoms with Crippen LogP contribution in [0.5, 0.6) is 5.75 Å². The average Bonchev–Trinajstić information content (AvgIpc) is 2.72. The third kappa shape index (κ3) is 4.45. The maximum atomic E-state index is 14.4. The molecule has 0 saturated carbocycles. The van der Waals surface area contributed by atoms with Crippen molar-refractivity contribution >= 4 is 0 Å². The van der Waals surface area contributed by atoms with Crippen LogP contribution in [0.1, 0.15) is 30.0 Å². The molecule has 0 bridgehead atoms. The Hall–Kier alpha value is -2.96. The van der Waals surface area contributed by atoms with Gasteiger partial charge in [-0.15, -0.1) is 0 Å². The fraction of sp³-hybridized carbons (Fsp3) is 0.217. The standard InChI is InChI=1S/C23H18F6O/c1-2-3-15-7-11-19(22(27)21(15)26)14-4-8-17(9-5-14)23(28,29)30-18-10-6-16(13-24)20(25)12-18/h4-12H,2-3,13H2,1H3. The van der Waals surface area contributed by atoms with E-state index in [0.29, 0.717) is 18.9 Å². The maximum Gasteiger partial charge on any atom is 0.426 e. The van der Waals surface area contributed by atoms with Crippen molar-refractivity contribution in [1.29, 1.82) is 0 Å². The molecule has 0 amide bonds. The molecule has 0 aromatic heterocycles. The van der Waals surface area contributed by atoms with Gasteiger partial charge >= 0.3 is 6.11 Å². The average molecular weight is 424 g/mol. The van der Waals surface area contributed by atoms with Crippen LogP contribution in [0, 0.1) is 17.5 Å². The summed E-state index contributed by atoms with van der Waals surface area (Å²) in [4.78, 5) is 0. The monoisotopic (exact) mass is 424 g/mol. The minimum Gasteiger partial charge on any atom is -0.429 e. The lowest BCUT2D eigenvalue weighted by Crippen LogP contribution is -2.21. The molecule has 0 aliphatic carbocycles. The van der Waals surface area contributed by atoms with Gasteiger partial charge in [-0.3, -0.25) is 0 Å². The molecule has 0 spiro atoms. The number of hydrogen-bond donors (Lipinski definition) is 0. The third-order valence-corrected chi connectivity index (χ3v) is 4.63. The second-order valence-electron chi connectivity index (χ2n) is 6.73. The van der Waals surface area contributed by atoms with Crippen molar-refractivity contribution in [2.24, 2.45) is 0 Å². The second-order valence-corrected chi connectivity index (χ2v) is 6.73. The van der Waals surface area contributed by atoms with Gasteiger partial charge in [-0.25, -0.2) is 17.6 Å². The summed E-state index contributed by atoms with van der Waals surface area (Å²) in [5.74, 6) is -3.46. The van der Waals surface area contributed by atoms with E-state index in [4.69, 9.17) is 0 Å². The van der Waals surface area contributed by atoms with Crippen LogP contribution in [-0.4, -0.2) is 0 Å². The summed E-state index contributed by atoms with van der Waals surface area (Å²) in [6.45, 7) is 0.774. The van der Waals surface area contributed by atoms with Crippen molar-refractivity contribution in [3.05, 3.63) is 88.7 Å². The van der Waals surface area contributed by atoms with Crippen LogP contribution in [-0.2, 0) is 19.2 Å². The Morgan fingerprint density at radius 2 is 1.50 bits per heavy atom. The molecule has 0 unspecified atom stereocenters. The van der Waals surface area contributed by atoms with Crippen molar-refractivity contribution in [2.45, 2.75) is 32.5 Å². The lowest BCUT2D eigenvalue weighted by molar-refractivity contribution is -0.185. The molecule has 0 fully saturated rings. The summed E-state index contributed by atoms with van der Waals surface area (Å²) in [5.41, 5.74) is -0.417. The van der Waals surface area contributed by atoms with Gasteiger partial charge in [0.15, 0.2) is 11.6 Å². The Morgan fingerprint density at radius 3 is 2.10 bits per heavy atom. The zero-order valence-corrected chi connectivity index (χ0v) is 16.0. The molecule has 30 heavy (non-hydrogen) atoms. The Morgan fingerprint density at radius 1 is 0.833 bits per heavy atom. The van der Waals surface area contributed by atoms with Gasteiger partial charge in [0, 0.05) is 17.2 Å². The molecule has 0 aliphatic heterocycles. The molecule has 0 radical (unpaired) electrons. The normalized spacial score (nSPS) is 11.6. The summed E-state index contributed by atoms with van der Waals surface area (Å²) < 4.78 is 88.1. The molecule has 158 valence electrons. The van der Waals surface area contributed by atoms with E-state index in [2.05, 4.69) is 4.74 Å². The van der Waals surface area contributed by atoms with Gasteiger partial charge in [0.25, 0.3) is 0 Å². The van der Waals surface area contributed by atoms with E-state index in [9.17, 15) is 26.3 Å². The first-order chi connectivity index (χ1) is 14.3. The highest BCUT2D eigenvalue weighted by atomic mass is 19.3. The zero-order valence-electron chi connectivity index (χ0n) is 16.0. The predicted octanol–water partition coefficient (Wildman–Crippen LogP) is 7.32. The highest BCUT2D eigenvalue weighted by Crippen LogP contribution is 2.34. The molecule has 3 rings (SSSR count). The van der Waals surface area contributed by atoms with Crippen molar-refractivity contribution in [3.8, 4) is 16.9 Å². The molecule has 1 nitrogen and oxygen atoms in total. The molecule has 3 aromatic carbocycles. The Kier molecular flexibility index (Phi) is 6.39. The van der Waals surface area contributed by atoms with Crippen LogP contribution in [0.2, 0.25) is 0 Å². The van der Waals surface area contributed by atoms with E-state index >= 15 is 0 Å². The zero-order chi connectivity index (χ0) is 21.9. The smallest absolute Gasteiger partial charge is 0.426 e. The predicted molar refractivity (Wildman–Crippen MR) is 102 cm³/mol. The van der Waals surface area contributed by atoms with Gasteiger partial charge in [-0.1, -0.05) is 37.6 Å². The minimum atomic E-state index is -3.82. The van der Waals surface area contributed by atoms with Crippen LogP contribution in [0.15, 0.2) is 54.6 Å². The molecule has 0 saturated heterocycles. The first-order valence-corrected chi connectivity index (χ1v) is 9.25. The second kappa shape index (κ2) is 8.81. The van der Waals surface area contributed by atoms with Gasteiger partial charge in [0.2, 0.25) is 0 Å². The molecule has 0 aliphatic rings. The summed E-state index contributed by atoms with van der Waals surface area (Å²) in [5, 5.41) is 0. The van der Waals surface area contributed by atoms with Crippen LogP contribution in [0.25, 0.3) is 11.1 Å². The van der Waals surface area contributed by atoms with Crippen LogP contribution < -0.4 is 4.74 Å². The molecule has 0 heterocycles. The van der Waals surface area contributed by atoms with Gasteiger partial charge in [-0.05, 0) is 41.8 Å². The summed E-state index contributed by atoms with van der Waals surface area (Å²) >= 11 is 0. The van der Waals surface area contributed by atoms with E-state index in [1.54, 1.807) is 0 Å². The Labute approximate surface area is 169 Å². The lowest BCUT2D eigenvalue weighted by Gasteiger charge is -2.19. The highest BCUT2D eigenvalue weighted by molar-refractivity contribution is 5.65. The minimum absolute atomic E-state index is 0.0491. The number of halogens is 6. The summed E-state index contributed by atoms with van der Waals surface area (Å²) in [6, 6.07) is 10.1. The highest BCUT2D eigenvalue weighted by Gasteiger charge is 2.34. The van der Waals surface area contributed by atoms with Crippen LogP contribution in [0.3, 0.4) is 0 Å². The van der Waals surface area contributed by atoms with Crippen molar-refractivity contribution < 1.29 is 31.1 Å². The Bertz CT molecular complexity index is 1030. The maximum absolute atomic E-state index is 14.4. The molecule has 7 heteroatoms. The molecular weight excluding hydrogens is 406 g/mol. The fourth-order valence-corrected chi connectivity index (χ4v) is 3.03. The third-order valence-electron chi connectivity index (χ3n) is 4.63. The van der Waals surface area contributed by atoms with Gasteiger partial charge < -0.3 is 4.74 Å². The molecule has 3 aromatic rings. The van der Waals surface area contributed by atoms with E-state index in [0.717, 1.165) is 24.3 Å². The summed E-state index contributed by atoms with van der Waals surface area (Å²) in [7, 11) is 0.